The Balaban J connectivity index is 1.84. The number of hydrogen-bond donors (Lipinski definition) is 1. The molecular weight excluding hydrogens is 337 g/mol. The molecule has 1 aromatic carbocycles. The van der Waals surface area contributed by atoms with Gasteiger partial charge in [-0.3, -0.25) is 4.90 Å². The third-order valence-electron chi connectivity index (χ3n) is 4.23. The van der Waals surface area contributed by atoms with Crippen LogP contribution in [0.4, 0.5) is 0 Å². The summed E-state index contributed by atoms with van der Waals surface area (Å²) < 4.78 is 10.7. The highest BCUT2D eigenvalue weighted by Crippen LogP contribution is 2.36. The molecule has 0 bridgehead atoms. The van der Waals surface area contributed by atoms with Gasteiger partial charge in [0.1, 0.15) is 11.6 Å². The Bertz CT molecular complexity index is 664. The van der Waals surface area contributed by atoms with Crippen LogP contribution in [0.25, 0.3) is 0 Å². The largest absolute Gasteiger partial charge is 0.495 e. The minimum absolute atomic E-state index is 0.173. The SMILES string of the molecule is COc1cc(Cl)c(CN2C[C@H](OC)CC2c2ncc[nH]2)cc1Cl. The first-order valence-corrected chi connectivity index (χ1v) is 8.16. The molecule has 7 heteroatoms. The van der Waals surface area contributed by atoms with Crippen LogP contribution in [-0.2, 0) is 11.3 Å². The number of nitrogens with one attached hydrogen (secondary N) is 1. The maximum atomic E-state index is 6.38. The number of hydrogen-bond acceptors (Lipinski definition) is 4. The van der Waals surface area contributed by atoms with E-state index in [1.54, 1.807) is 26.5 Å². The van der Waals surface area contributed by atoms with Crippen molar-refractivity contribution in [3.63, 3.8) is 0 Å². The minimum Gasteiger partial charge on any atom is -0.495 e. The number of likely N-dealkylation sites (tertiary alicyclic amines) is 1. The van der Waals surface area contributed by atoms with Crippen LogP contribution < -0.4 is 4.74 Å². The Morgan fingerprint density at radius 3 is 2.78 bits per heavy atom. The summed E-state index contributed by atoms with van der Waals surface area (Å²) in [4.78, 5) is 9.89. The normalized spacial score (nSPS) is 21.7. The average molecular weight is 356 g/mol. The number of nitrogens with zero attached hydrogens (tertiary/aromatic N) is 2. The quantitative estimate of drug-likeness (QED) is 0.888. The number of H-pyrrole nitrogens is 1. The molecule has 124 valence electrons. The molecule has 1 aliphatic rings. The van der Waals surface area contributed by atoms with Crippen molar-refractivity contribution < 1.29 is 9.47 Å². The molecule has 3 rings (SSSR count). The van der Waals surface area contributed by atoms with Gasteiger partial charge < -0.3 is 14.5 Å². The van der Waals surface area contributed by atoms with E-state index in [1.165, 1.54) is 0 Å². The van der Waals surface area contributed by atoms with Crippen molar-refractivity contribution in [2.24, 2.45) is 0 Å². The van der Waals surface area contributed by atoms with E-state index in [0.29, 0.717) is 22.3 Å². The van der Waals surface area contributed by atoms with Gasteiger partial charge in [-0.05, 0) is 18.1 Å². The highest BCUT2D eigenvalue weighted by atomic mass is 35.5. The van der Waals surface area contributed by atoms with Gasteiger partial charge in [-0.1, -0.05) is 23.2 Å². The van der Waals surface area contributed by atoms with Crippen LogP contribution in [0.1, 0.15) is 23.9 Å². The Labute approximate surface area is 145 Å². The molecule has 2 heterocycles. The fraction of sp³-hybridized carbons (Fsp3) is 0.438. The summed E-state index contributed by atoms with van der Waals surface area (Å²) in [5, 5.41) is 1.20. The van der Waals surface area contributed by atoms with Gasteiger partial charge in [0.2, 0.25) is 0 Å². The zero-order chi connectivity index (χ0) is 16.4. The second-order valence-electron chi connectivity index (χ2n) is 5.59. The molecule has 0 radical (unpaired) electrons. The summed E-state index contributed by atoms with van der Waals surface area (Å²) >= 11 is 12.6. The molecule has 1 aromatic heterocycles. The van der Waals surface area contributed by atoms with Crippen molar-refractivity contribution in [2.45, 2.75) is 25.1 Å². The zero-order valence-corrected chi connectivity index (χ0v) is 14.6. The van der Waals surface area contributed by atoms with Crippen molar-refractivity contribution in [3.8, 4) is 5.75 Å². The molecule has 2 atom stereocenters. The number of imidazole rings is 1. The molecule has 0 aliphatic carbocycles. The van der Waals surface area contributed by atoms with Crippen LogP contribution in [0, 0.1) is 0 Å². The number of aromatic nitrogens is 2. The average Bonchev–Trinajstić information content (AvgIpc) is 3.19. The van der Waals surface area contributed by atoms with E-state index in [-0.39, 0.29) is 12.1 Å². The molecule has 5 nitrogen and oxygen atoms in total. The highest BCUT2D eigenvalue weighted by molar-refractivity contribution is 6.34. The maximum absolute atomic E-state index is 6.38. The fourth-order valence-corrected chi connectivity index (χ4v) is 3.49. The number of ether oxygens (including phenoxy) is 2. The topological polar surface area (TPSA) is 50.4 Å². The molecular formula is C16H19Cl2N3O2. The Hall–Kier alpha value is -1.27. The predicted octanol–water partition coefficient (Wildman–Crippen LogP) is 3.69. The van der Waals surface area contributed by atoms with Gasteiger partial charge in [0.05, 0.1) is 24.3 Å². The monoisotopic (exact) mass is 355 g/mol. The first kappa shape index (κ1) is 16.6. The fourth-order valence-electron chi connectivity index (χ4n) is 3.02. The summed E-state index contributed by atoms with van der Waals surface area (Å²) in [6, 6.07) is 3.79. The summed E-state index contributed by atoms with van der Waals surface area (Å²) in [5.74, 6) is 1.53. The van der Waals surface area contributed by atoms with Crippen molar-refractivity contribution in [3.05, 3.63) is 46.0 Å². The molecule has 0 amide bonds. The lowest BCUT2D eigenvalue weighted by Gasteiger charge is -2.23. The van der Waals surface area contributed by atoms with Crippen LogP contribution in [0.15, 0.2) is 24.5 Å². The van der Waals surface area contributed by atoms with E-state index < -0.39 is 0 Å². The lowest BCUT2D eigenvalue weighted by molar-refractivity contribution is 0.107. The standard InChI is InChI=1S/C16H19Cl2N3O2/c1-22-11-6-14(16-19-3-4-20-16)21(9-11)8-10-5-13(18)15(23-2)7-12(10)17/h3-5,7,11,14H,6,8-9H2,1-2H3,(H,19,20)/t11-,14?/m1/s1. The van der Waals surface area contributed by atoms with Crippen LogP contribution in [0.3, 0.4) is 0 Å². The van der Waals surface area contributed by atoms with Gasteiger partial charge in [0.15, 0.2) is 0 Å². The van der Waals surface area contributed by atoms with Gasteiger partial charge in [-0.25, -0.2) is 4.98 Å². The number of rotatable bonds is 5. The summed E-state index contributed by atoms with van der Waals surface area (Å²) in [6.07, 6.45) is 4.68. The van der Waals surface area contributed by atoms with Gasteiger partial charge in [-0.2, -0.15) is 0 Å². The molecule has 23 heavy (non-hydrogen) atoms. The number of halogens is 2. The third kappa shape index (κ3) is 3.48. The van der Waals surface area contributed by atoms with Crippen molar-refractivity contribution in [2.75, 3.05) is 20.8 Å². The van der Waals surface area contributed by atoms with Gasteiger partial charge in [0.25, 0.3) is 0 Å². The zero-order valence-electron chi connectivity index (χ0n) is 13.1. The Kier molecular flexibility index (Phi) is 5.11. The minimum atomic E-state index is 0.173. The second-order valence-corrected chi connectivity index (χ2v) is 6.41. The smallest absolute Gasteiger partial charge is 0.138 e. The molecule has 1 N–H and O–H groups in total. The molecule has 0 spiro atoms. The Morgan fingerprint density at radius 1 is 1.30 bits per heavy atom. The molecule has 1 fully saturated rings. The van der Waals surface area contributed by atoms with Crippen LogP contribution in [-0.4, -0.2) is 41.7 Å². The van der Waals surface area contributed by atoms with Crippen molar-refractivity contribution in [1.29, 1.82) is 0 Å². The van der Waals surface area contributed by atoms with Crippen molar-refractivity contribution >= 4 is 23.2 Å². The maximum Gasteiger partial charge on any atom is 0.138 e. The summed E-state index contributed by atoms with van der Waals surface area (Å²) in [6.45, 7) is 1.50. The van der Waals surface area contributed by atoms with Crippen LogP contribution in [0.5, 0.6) is 5.75 Å². The lowest BCUT2D eigenvalue weighted by Crippen LogP contribution is -2.25. The van der Waals surface area contributed by atoms with E-state index in [9.17, 15) is 0 Å². The first-order chi connectivity index (χ1) is 11.1. The first-order valence-electron chi connectivity index (χ1n) is 7.40. The van der Waals surface area contributed by atoms with E-state index in [4.69, 9.17) is 32.7 Å². The summed E-state index contributed by atoms with van der Waals surface area (Å²) in [5.41, 5.74) is 0.964. The third-order valence-corrected chi connectivity index (χ3v) is 4.87. The van der Waals surface area contributed by atoms with Gasteiger partial charge in [0, 0.05) is 43.7 Å². The van der Waals surface area contributed by atoms with E-state index >= 15 is 0 Å². The molecule has 1 aliphatic heterocycles. The van der Waals surface area contributed by atoms with Crippen LogP contribution >= 0.6 is 23.2 Å². The lowest BCUT2D eigenvalue weighted by atomic mass is 10.1. The molecule has 2 aromatic rings. The van der Waals surface area contributed by atoms with Gasteiger partial charge in [-0.15, -0.1) is 0 Å². The van der Waals surface area contributed by atoms with E-state index in [0.717, 1.165) is 24.4 Å². The van der Waals surface area contributed by atoms with Crippen LogP contribution in [0.2, 0.25) is 10.0 Å². The number of methoxy groups -OCH3 is 2. The van der Waals surface area contributed by atoms with Crippen molar-refractivity contribution in [1.82, 2.24) is 14.9 Å². The van der Waals surface area contributed by atoms with Gasteiger partial charge >= 0.3 is 0 Å². The number of aromatic amines is 1. The molecule has 0 saturated carbocycles. The van der Waals surface area contributed by atoms with E-state index in [1.807, 2.05) is 12.3 Å². The number of benzene rings is 1. The van der Waals surface area contributed by atoms with E-state index in [2.05, 4.69) is 14.9 Å². The Morgan fingerprint density at radius 2 is 2.13 bits per heavy atom. The predicted molar refractivity (Wildman–Crippen MR) is 90.2 cm³/mol. The summed E-state index contributed by atoms with van der Waals surface area (Å²) in [7, 11) is 3.32. The molecule has 1 unspecified atom stereocenters. The highest BCUT2D eigenvalue weighted by Gasteiger charge is 2.35. The molecule has 1 saturated heterocycles. The second kappa shape index (κ2) is 7.09.